The standard InChI is InChI=1S/C23H20N4O4/c1-31-22-10-9-18(12-21(22)27(29)30)23(28)24-13-16-5-4-6-17(11-16)14-26-15-25-19-7-2-3-8-20(19)26/h2-12,15H,13-14H2,1H3,(H,24,28). The Hall–Kier alpha value is -4.20. The van der Waals surface area contributed by atoms with Gasteiger partial charge < -0.3 is 14.6 Å². The number of para-hydroxylation sites is 2. The minimum Gasteiger partial charge on any atom is -0.490 e. The van der Waals surface area contributed by atoms with Crippen LogP contribution in [-0.4, -0.2) is 27.5 Å². The Balaban J connectivity index is 1.45. The minimum absolute atomic E-state index is 0.112. The Morgan fingerprint density at radius 3 is 2.71 bits per heavy atom. The average Bonchev–Trinajstić information content (AvgIpc) is 3.20. The second-order valence-electron chi connectivity index (χ2n) is 7.01. The van der Waals surface area contributed by atoms with Crippen LogP contribution < -0.4 is 10.1 Å². The molecule has 156 valence electrons. The average molecular weight is 416 g/mol. The molecule has 0 saturated carbocycles. The number of ether oxygens (including phenoxy) is 1. The summed E-state index contributed by atoms with van der Waals surface area (Å²) in [6, 6.07) is 20.0. The maximum Gasteiger partial charge on any atom is 0.311 e. The first-order valence-corrected chi connectivity index (χ1v) is 9.63. The quantitative estimate of drug-likeness (QED) is 0.363. The van der Waals surface area contributed by atoms with E-state index in [0.717, 1.165) is 22.2 Å². The van der Waals surface area contributed by atoms with Crippen LogP contribution in [0.2, 0.25) is 0 Å². The van der Waals surface area contributed by atoms with Gasteiger partial charge in [-0.05, 0) is 35.4 Å². The number of carbonyl (C=O) groups excluding carboxylic acids is 1. The first-order valence-electron chi connectivity index (χ1n) is 9.63. The summed E-state index contributed by atoms with van der Waals surface area (Å²) in [6.07, 6.45) is 1.82. The van der Waals surface area contributed by atoms with Crippen LogP contribution in [0.25, 0.3) is 11.0 Å². The van der Waals surface area contributed by atoms with Crippen LogP contribution in [0.4, 0.5) is 5.69 Å². The van der Waals surface area contributed by atoms with Gasteiger partial charge in [0.25, 0.3) is 5.91 Å². The number of aromatic nitrogens is 2. The van der Waals surface area contributed by atoms with E-state index in [9.17, 15) is 14.9 Å². The van der Waals surface area contributed by atoms with Gasteiger partial charge in [-0.15, -0.1) is 0 Å². The van der Waals surface area contributed by atoms with E-state index in [1.54, 1.807) is 0 Å². The lowest BCUT2D eigenvalue weighted by atomic mass is 10.1. The molecule has 0 aliphatic rings. The third-order valence-electron chi connectivity index (χ3n) is 4.96. The van der Waals surface area contributed by atoms with Gasteiger partial charge in [0.1, 0.15) is 0 Å². The maximum absolute atomic E-state index is 12.5. The summed E-state index contributed by atoms with van der Waals surface area (Å²) in [5.41, 5.74) is 3.97. The molecule has 0 unspecified atom stereocenters. The molecule has 0 aliphatic heterocycles. The van der Waals surface area contributed by atoms with Crippen LogP contribution >= 0.6 is 0 Å². The zero-order chi connectivity index (χ0) is 21.8. The van der Waals surface area contributed by atoms with Crippen molar-refractivity contribution in [3.05, 3.63) is 99.9 Å². The number of nitrogens with one attached hydrogen (secondary N) is 1. The van der Waals surface area contributed by atoms with Crippen molar-refractivity contribution in [1.82, 2.24) is 14.9 Å². The third kappa shape index (κ3) is 4.37. The Morgan fingerprint density at radius 1 is 1.10 bits per heavy atom. The van der Waals surface area contributed by atoms with Crippen LogP contribution in [-0.2, 0) is 13.1 Å². The summed E-state index contributed by atoms with van der Waals surface area (Å²) in [4.78, 5) is 27.5. The molecular weight excluding hydrogens is 396 g/mol. The fraction of sp³-hybridized carbons (Fsp3) is 0.130. The topological polar surface area (TPSA) is 99.3 Å². The predicted octanol–water partition coefficient (Wildman–Crippen LogP) is 3.93. The Kier molecular flexibility index (Phi) is 5.61. The molecule has 1 aromatic heterocycles. The highest BCUT2D eigenvalue weighted by atomic mass is 16.6. The fourth-order valence-corrected chi connectivity index (χ4v) is 3.43. The van der Waals surface area contributed by atoms with E-state index < -0.39 is 10.8 Å². The van der Waals surface area contributed by atoms with Crippen LogP contribution in [0.1, 0.15) is 21.5 Å². The fourth-order valence-electron chi connectivity index (χ4n) is 3.43. The molecule has 31 heavy (non-hydrogen) atoms. The monoisotopic (exact) mass is 416 g/mol. The zero-order valence-corrected chi connectivity index (χ0v) is 16.8. The van der Waals surface area contributed by atoms with Gasteiger partial charge in [0.2, 0.25) is 0 Å². The number of amides is 1. The molecule has 1 amide bonds. The van der Waals surface area contributed by atoms with Crippen LogP contribution in [0.15, 0.2) is 73.1 Å². The van der Waals surface area contributed by atoms with Gasteiger partial charge in [0, 0.05) is 24.7 Å². The molecule has 8 heteroatoms. The minimum atomic E-state index is -0.571. The van der Waals surface area contributed by atoms with Gasteiger partial charge in [0.05, 0.1) is 29.4 Å². The number of nitro groups is 1. The molecule has 0 bridgehead atoms. The van der Waals surface area contributed by atoms with Crippen molar-refractivity contribution in [3.63, 3.8) is 0 Å². The van der Waals surface area contributed by atoms with Crippen LogP contribution in [0.3, 0.4) is 0 Å². The molecule has 0 spiro atoms. The van der Waals surface area contributed by atoms with Gasteiger partial charge in [0.15, 0.2) is 5.75 Å². The van der Waals surface area contributed by atoms with Crippen LogP contribution in [0, 0.1) is 10.1 Å². The number of fused-ring (bicyclic) bond motifs is 1. The highest BCUT2D eigenvalue weighted by Gasteiger charge is 2.18. The van der Waals surface area contributed by atoms with E-state index in [4.69, 9.17) is 4.74 Å². The van der Waals surface area contributed by atoms with E-state index in [2.05, 4.69) is 14.9 Å². The molecule has 3 aromatic carbocycles. The molecule has 0 atom stereocenters. The van der Waals surface area contributed by atoms with Crippen molar-refractivity contribution >= 4 is 22.6 Å². The van der Waals surface area contributed by atoms with Gasteiger partial charge in [-0.1, -0.05) is 36.4 Å². The summed E-state index contributed by atoms with van der Waals surface area (Å²) >= 11 is 0. The van der Waals surface area contributed by atoms with E-state index >= 15 is 0 Å². The first kappa shape index (κ1) is 20.1. The van der Waals surface area contributed by atoms with E-state index in [1.807, 2.05) is 54.9 Å². The number of carbonyl (C=O) groups is 1. The first-order chi connectivity index (χ1) is 15.0. The second-order valence-corrected chi connectivity index (χ2v) is 7.01. The van der Waals surface area contributed by atoms with Gasteiger partial charge in [-0.25, -0.2) is 4.98 Å². The number of nitrogens with zero attached hydrogens (tertiary/aromatic N) is 3. The summed E-state index contributed by atoms with van der Waals surface area (Å²) < 4.78 is 7.05. The van der Waals surface area contributed by atoms with Crippen LogP contribution in [0.5, 0.6) is 5.75 Å². The molecule has 0 radical (unpaired) electrons. The number of nitro benzene ring substituents is 1. The molecular formula is C23H20N4O4. The number of hydrogen-bond acceptors (Lipinski definition) is 5. The Morgan fingerprint density at radius 2 is 1.90 bits per heavy atom. The molecule has 0 fully saturated rings. The Labute approximate surface area is 178 Å². The maximum atomic E-state index is 12.5. The summed E-state index contributed by atoms with van der Waals surface area (Å²) in [5.74, 6) is -0.280. The Bertz CT molecular complexity index is 1270. The highest BCUT2D eigenvalue weighted by Crippen LogP contribution is 2.27. The summed E-state index contributed by atoms with van der Waals surface area (Å²) in [6.45, 7) is 0.962. The van der Waals surface area contributed by atoms with Crippen molar-refractivity contribution in [3.8, 4) is 5.75 Å². The predicted molar refractivity (Wildman–Crippen MR) is 116 cm³/mol. The van der Waals surface area contributed by atoms with Gasteiger partial charge in [-0.3, -0.25) is 14.9 Å². The molecule has 1 N–H and O–H groups in total. The molecule has 0 aliphatic carbocycles. The number of methoxy groups -OCH3 is 1. The lowest BCUT2D eigenvalue weighted by Gasteiger charge is -2.09. The van der Waals surface area contributed by atoms with Crippen molar-refractivity contribution in [2.75, 3.05) is 7.11 Å². The normalized spacial score (nSPS) is 10.7. The van der Waals surface area contributed by atoms with Crippen molar-refractivity contribution in [2.45, 2.75) is 13.1 Å². The van der Waals surface area contributed by atoms with Crippen molar-refractivity contribution in [1.29, 1.82) is 0 Å². The van der Waals surface area contributed by atoms with Crippen molar-refractivity contribution < 1.29 is 14.5 Å². The molecule has 0 saturated heterocycles. The van der Waals surface area contributed by atoms with Crippen molar-refractivity contribution in [2.24, 2.45) is 0 Å². The lowest BCUT2D eigenvalue weighted by molar-refractivity contribution is -0.385. The molecule has 4 aromatic rings. The SMILES string of the molecule is COc1ccc(C(=O)NCc2cccc(Cn3cnc4ccccc43)c2)cc1[N+](=O)[O-]. The molecule has 4 rings (SSSR count). The van der Waals surface area contributed by atoms with E-state index in [0.29, 0.717) is 13.1 Å². The summed E-state index contributed by atoms with van der Waals surface area (Å²) in [7, 11) is 1.35. The molecule has 8 nitrogen and oxygen atoms in total. The number of imidazole rings is 1. The van der Waals surface area contributed by atoms with E-state index in [1.165, 1.54) is 25.3 Å². The third-order valence-corrected chi connectivity index (χ3v) is 4.96. The van der Waals surface area contributed by atoms with E-state index in [-0.39, 0.29) is 17.0 Å². The summed E-state index contributed by atoms with van der Waals surface area (Å²) in [5, 5.41) is 14.0. The largest absolute Gasteiger partial charge is 0.490 e. The van der Waals surface area contributed by atoms with Gasteiger partial charge in [-0.2, -0.15) is 0 Å². The smallest absolute Gasteiger partial charge is 0.311 e. The number of hydrogen-bond donors (Lipinski definition) is 1. The lowest BCUT2D eigenvalue weighted by Crippen LogP contribution is -2.23. The molecule has 1 heterocycles. The number of rotatable bonds is 7. The second kappa shape index (κ2) is 8.66. The highest BCUT2D eigenvalue weighted by molar-refractivity contribution is 5.95. The number of benzene rings is 3. The van der Waals surface area contributed by atoms with Gasteiger partial charge >= 0.3 is 5.69 Å². The zero-order valence-electron chi connectivity index (χ0n) is 16.8.